The van der Waals surface area contributed by atoms with Crippen molar-refractivity contribution in [2.24, 2.45) is 0 Å². The molecule has 2 rings (SSSR count). The Morgan fingerprint density at radius 1 is 1.67 bits per heavy atom. The van der Waals surface area contributed by atoms with E-state index < -0.39 is 0 Å². The number of ether oxygens (including phenoxy) is 1. The zero-order valence-corrected chi connectivity index (χ0v) is 9.05. The summed E-state index contributed by atoms with van der Waals surface area (Å²) < 4.78 is 4.97. The number of aromatic amines is 1. The smallest absolute Gasteiger partial charge is 0.0925 e. The Balaban J connectivity index is 1.73. The van der Waals surface area contributed by atoms with Crippen LogP contribution in [0.5, 0.6) is 0 Å². The van der Waals surface area contributed by atoms with Gasteiger partial charge in [-0.15, -0.1) is 0 Å². The maximum atomic E-state index is 4.97. The van der Waals surface area contributed by atoms with E-state index in [9.17, 15) is 0 Å². The number of fused-ring (bicyclic) bond motifs is 1. The second kappa shape index (κ2) is 5.25. The number of imidazole rings is 1. The molecule has 1 atom stereocenters. The van der Waals surface area contributed by atoms with Crippen molar-refractivity contribution in [3.63, 3.8) is 0 Å². The van der Waals surface area contributed by atoms with Gasteiger partial charge in [0.15, 0.2) is 0 Å². The molecule has 1 aromatic heterocycles. The molecule has 0 amide bonds. The highest BCUT2D eigenvalue weighted by Gasteiger charge is 2.18. The van der Waals surface area contributed by atoms with E-state index in [1.807, 2.05) is 0 Å². The molecule has 1 aromatic rings. The number of methoxy groups -OCH3 is 1. The van der Waals surface area contributed by atoms with Crippen molar-refractivity contribution in [3.8, 4) is 0 Å². The maximum absolute atomic E-state index is 4.97. The minimum absolute atomic E-state index is 0.484. The quantitative estimate of drug-likeness (QED) is 0.582. The van der Waals surface area contributed by atoms with E-state index in [1.54, 1.807) is 13.4 Å². The van der Waals surface area contributed by atoms with E-state index in [0.717, 1.165) is 32.7 Å². The van der Waals surface area contributed by atoms with Crippen LogP contribution in [0.2, 0.25) is 0 Å². The van der Waals surface area contributed by atoms with Crippen molar-refractivity contribution in [2.75, 3.05) is 26.8 Å². The highest BCUT2D eigenvalue weighted by molar-refractivity contribution is 5.15. The first-order valence-corrected chi connectivity index (χ1v) is 5.34. The molecule has 1 unspecified atom stereocenters. The van der Waals surface area contributed by atoms with Crippen molar-refractivity contribution in [1.82, 2.24) is 20.6 Å². The molecule has 0 spiro atoms. The third kappa shape index (κ3) is 2.77. The van der Waals surface area contributed by atoms with Gasteiger partial charge in [0.1, 0.15) is 0 Å². The number of nitrogens with one attached hydrogen (secondary N) is 3. The number of rotatable bonds is 5. The molecule has 84 valence electrons. The zero-order valence-electron chi connectivity index (χ0n) is 9.05. The van der Waals surface area contributed by atoms with Gasteiger partial charge in [0, 0.05) is 39.2 Å². The minimum atomic E-state index is 0.484. The Morgan fingerprint density at radius 2 is 2.60 bits per heavy atom. The predicted octanol–water partition coefficient (Wildman–Crippen LogP) is -0.340. The lowest BCUT2D eigenvalue weighted by Gasteiger charge is -2.23. The summed E-state index contributed by atoms with van der Waals surface area (Å²) in [6, 6.07) is 0.484. The Labute approximate surface area is 89.6 Å². The van der Waals surface area contributed by atoms with E-state index >= 15 is 0 Å². The second-order valence-corrected chi connectivity index (χ2v) is 3.81. The average Bonchev–Trinajstić information content (AvgIpc) is 2.71. The molecular weight excluding hydrogens is 192 g/mol. The van der Waals surface area contributed by atoms with Crippen LogP contribution >= 0.6 is 0 Å². The number of H-pyrrole nitrogens is 1. The van der Waals surface area contributed by atoms with Gasteiger partial charge >= 0.3 is 0 Å². The summed E-state index contributed by atoms with van der Waals surface area (Å²) in [5.41, 5.74) is 2.43. The summed E-state index contributed by atoms with van der Waals surface area (Å²) in [5, 5.41) is 6.82. The van der Waals surface area contributed by atoms with Gasteiger partial charge in [0.05, 0.1) is 24.3 Å². The molecule has 0 aliphatic carbocycles. The SMILES string of the molecule is COCCNCC1Cc2nc[nH]c2CN1. The summed E-state index contributed by atoms with van der Waals surface area (Å²) >= 11 is 0. The molecule has 0 fully saturated rings. The average molecular weight is 210 g/mol. The lowest BCUT2D eigenvalue weighted by Crippen LogP contribution is -2.43. The number of aromatic nitrogens is 2. The highest BCUT2D eigenvalue weighted by atomic mass is 16.5. The molecule has 3 N–H and O–H groups in total. The molecule has 0 saturated carbocycles. The van der Waals surface area contributed by atoms with E-state index in [1.165, 1.54) is 11.4 Å². The molecule has 0 saturated heterocycles. The van der Waals surface area contributed by atoms with Crippen molar-refractivity contribution in [2.45, 2.75) is 19.0 Å². The normalized spacial score (nSPS) is 20.2. The van der Waals surface area contributed by atoms with Gasteiger partial charge < -0.3 is 20.4 Å². The molecule has 5 heteroatoms. The van der Waals surface area contributed by atoms with Gasteiger partial charge in [-0.2, -0.15) is 0 Å². The summed E-state index contributed by atoms with van der Waals surface area (Å²) in [4.78, 5) is 7.44. The summed E-state index contributed by atoms with van der Waals surface area (Å²) in [6.07, 6.45) is 2.77. The molecule has 5 nitrogen and oxygen atoms in total. The van der Waals surface area contributed by atoms with Crippen LogP contribution < -0.4 is 10.6 Å². The van der Waals surface area contributed by atoms with E-state index in [0.29, 0.717) is 6.04 Å². The van der Waals surface area contributed by atoms with Crippen LogP contribution in [0.25, 0.3) is 0 Å². The van der Waals surface area contributed by atoms with Gasteiger partial charge in [-0.1, -0.05) is 0 Å². The lowest BCUT2D eigenvalue weighted by molar-refractivity contribution is 0.198. The summed E-state index contributed by atoms with van der Waals surface area (Å²) in [5.74, 6) is 0. The topological polar surface area (TPSA) is 62.0 Å². The molecule has 0 radical (unpaired) electrons. The molecule has 0 bridgehead atoms. The molecule has 0 aromatic carbocycles. The predicted molar refractivity (Wildman–Crippen MR) is 57.7 cm³/mol. The van der Waals surface area contributed by atoms with Gasteiger partial charge in [-0.05, 0) is 0 Å². The fraction of sp³-hybridized carbons (Fsp3) is 0.700. The molecule has 1 aliphatic heterocycles. The van der Waals surface area contributed by atoms with Crippen LogP contribution in [0, 0.1) is 0 Å². The molecule has 15 heavy (non-hydrogen) atoms. The first kappa shape index (κ1) is 10.6. The van der Waals surface area contributed by atoms with Crippen LogP contribution in [0.4, 0.5) is 0 Å². The number of hydrogen-bond acceptors (Lipinski definition) is 4. The number of nitrogens with zero attached hydrogens (tertiary/aromatic N) is 1. The summed E-state index contributed by atoms with van der Waals surface area (Å²) in [7, 11) is 1.72. The number of hydrogen-bond donors (Lipinski definition) is 3. The van der Waals surface area contributed by atoms with Gasteiger partial charge in [0.2, 0.25) is 0 Å². The third-order valence-corrected chi connectivity index (χ3v) is 2.69. The Hall–Kier alpha value is -0.910. The van der Waals surface area contributed by atoms with Crippen molar-refractivity contribution >= 4 is 0 Å². The molecule has 2 heterocycles. The minimum Gasteiger partial charge on any atom is -0.383 e. The van der Waals surface area contributed by atoms with Crippen LogP contribution in [0.1, 0.15) is 11.4 Å². The van der Waals surface area contributed by atoms with Crippen LogP contribution in [-0.2, 0) is 17.7 Å². The van der Waals surface area contributed by atoms with E-state index in [4.69, 9.17) is 4.74 Å². The highest BCUT2D eigenvalue weighted by Crippen LogP contribution is 2.11. The Bertz CT molecular complexity index is 299. The first-order chi connectivity index (χ1) is 7.40. The third-order valence-electron chi connectivity index (χ3n) is 2.69. The molecular formula is C10H18N4O. The second-order valence-electron chi connectivity index (χ2n) is 3.81. The Kier molecular flexibility index (Phi) is 3.71. The van der Waals surface area contributed by atoms with Crippen LogP contribution in [0.15, 0.2) is 6.33 Å². The lowest BCUT2D eigenvalue weighted by atomic mass is 10.1. The van der Waals surface area contributed by atoms with E-state index in [-0.39, 0.29) is 0 Å². The largest absolute Gasteiger partial charge is 0.383 e. The monoisotopic (exact) mass is 210 g/mol. The Morgan fingerprint density at radius 3 is 3.47 bits per heavy atom. The molecule has 1 aliphatic rings. The fourth-order valence-corrected chi connectivity index (χ4v) is 1.83. The van der Waals surface area contributed by atoms with Crippen molar-refractivity contribution < 1.29 is 4.74 Å². The standard InChI is InChI=1S/C10H18N4O/c1-15-3-2-11-5-8-4-9-10(6-12-8)14-7-13-9/h7-8,11-12H,2-6H2,1H3,(H,13,14). The van der Waals surface area contributed by atoms with Gasteiger partial charge in [-0.3, -0.25) is 0 Å². The van der Waals surface area contributed by atoms with Crippen molar-refractivity contribution in [3.05, 3.63) is 17.7 Å². The maximum Gasteiger partial charge on any atom is 0.0925 e. The van der Waals surface area contributed by atoms with Gasteiger partial charge in [0.25, 0.3) is 0 Å². The van der Waals surface area contributed by atoms with Crippen LogP contribution in [0.3, 0.4) is 0 Å². The van der Waals surface area contributed by atoms with Crippen molar-refractivity contribution in [1.29, 1.82) is 0 Å². The fourth-order valence-electron chi connectivity index (χ4n) is 1.83. The van der Waals surface area contributed by atoms with Gasteiger partial charge in [-0.25, -0.2) is 4.98 Å². The summed E-state index contributed by atoms with van der Waals surface area (Å²) in [6.45, 7) is 3.53. The zero-order chi connectivity index (χ0) is 10.5. The first-order valence-electron chi connectivity index (χ1n) is 5.34. The van der Waals surface area contributed by atoms with Crippen LogP contribution in [-0.4, -0.2) is 42.8 Å². The van der Waals surface area contributed by atoms with E-state index in [2.05, 4.69) is 20.6 Å².